The minimum Gasteiger partial charge on any atom is -0.394 e. The van der Waals surface area contributed by atoms with E-state index in [1.807, 2.05) is 6.08 Å². The summed E-state index contributed by atoms with van der Waals surface area (Å²) in [5, 5.41) is 121. The van der Waals surface area contributed by atoms with Crippen LogP contribution in [-0.2, 0) is 33.2 Å². The first-order valence-electron chi connectivity index (χ1n) is 36.9. The highest BCUT2D eigenvalue weighted by Crippen LogP contribution is 2.33. The second-order valence-electron chi connectivity index (χ2n) is 26.4. The fourth-order valence-corrected chi connectivity index (χ4v) is 12.4. The summed E-state index contributed by atoms with van der Waals surface area (Å²) in [7, 11) is 0. The molecule has 3 saturated heterocycles. The predicted molar refractivity (Wildman–Crippen MR) is 360 cm³/mol. The summed E-state index contributed by atoms with van der Waals surface area (Å²) in [6.07, 6.45) is 39.4. The Hall–Kier alpha value is -2.25. The molecule has 0 aliphatic carbocycles. The molecule has 19 nitrogen and oxygen atoms in total. The number of aliphatic hydroxyl groups is 11. The maximum Gasteiger partial charge on any atom is 0.220 e. The van der Waals surface area contributed by atoms with E-state index in [1.54, 1.807) is 6.08 Å². The summed E-state index contributed by atoms with van der Waals surface area (Å²) in [4.78, 5) is 13.4. The number of rotatable bonds is 57. The maximum atomic E-state index is 13.4. The fourth-order valence-electron chi connectivity index (χ4n) is 12.4. The monoisotopic (exact) mass is 1310 g/mol. The van der Waals surface area contributed by atoms with Crippen LogP contribution in [0.15, 0.2) is 48.6 Å². The largest absolute Gasteiger partial charge is 0.394 e. The highest BCUT2D eigenvalue weighted by molar-refractivity contribution is 5.76. The Morgan fingerprint density at radius 1 is 0.391 bits per heavy atom. The van der Waals surface area contributed by atoms with Gasteiger partial charge in [-0.1, -0.05) is 262 Å². The molecule has 0 radical (unpaired) electrons. The fraction of sp³-hybridized carbons (Fsp3) is 0.877. The molecule has 538 valence electrons. The standard InChI is InChI=1S/C73H133NO18/c1-3-5-7-9-11-13-15-17-19-21-23-24-25-26-27-28-29-30-31-32-33-35-37-39-41-43-45-47-49-51-61(79)74-56(57(78)50-48-46-44-42-40-38-36-34-22-20-18-16-14-12-10-8-6-4-2)55-87-71-67(85)64(82)69(59(53-76)89-71)92-73-68(86)65(83)70(60(54-77)90-73)91-72-66(84)63(81)62(80)58(52-75)88-72/h15,17,21,23,25-26,48,50,56-60,62-73,75-78,80-86H,3-14,16,18-20,22,24,27-47,49,51-55H2,1-2H3,(H,74,79)/b17-15-,23-21-,26-25-,50-48+. The Morgan fingerprint density at radius 2 is 0.717 bits per heavy atom. The first kappa shape index (κ1) is 84.0. The van der Waals surface area contributed by atoms with Crippen molar-refractivity contribution in [2.24, 2.45) is 0 Å². The first-order valence-corrected chi connectivity index (χ1v) is 36.9. The molecule has 0 aromatic carbocycles. The highest BCUT2D eigenvalue weighted by atomic mass is 16.8. The SMILES string of the molecule is CCCCCCC/C=C\C/C=C\C/C=C\CCCCCCCCCCCCCCCCC(=O)NC(COC1OC(CO)C(OC2OC(CO)C(OC3OC(CO)C(O)C(O)C3O)C(O)C2O)C(O)C1O)C(O)/C=C/CCCCCCCCCCCCCCCCCC. The van der Waals surface area contributed by atoms with Gasteiger partial charge in [0.05, 0.1) is 38.6 Å². The molecule has 3 heterocycles. The van der Waals surface area contributed by atoms with Gasteiger partial charge >= 0.3 is 0 Å². The molecule has 3 aliphatic heterocycles. The lowest BCUT2D eigenvalue weighted by atomic mass is 9.96. The number of ether oxygens (including phenoxy) is 6. The quantitative estimate of drug-likeness (QED) is 0.0199. The van der Waals surface area contributed by atoms with Gasteiger partial charge in [0.1, 0.15) is 73.2 Å². The van der Waals surface area contributed by atoms with E-state index in [-0.39, 0.29) is 18.9 Å². The average Bonchev–Trinajstić information content (AvgIpc) is 0.834. The molecule has 0 bridgehead atoms. The minimum absolute atomic E-state index is 0.243. The van der Waals surface area contributed by atoms with Crippen LogP contribution in [0.3, 0.4) is 0 Å². The van der Waals surface area contributed by atoms with E-state index in [0.717, 1.165) is 57.8 Å². The summed E-state index contributed by atoms with van der Waals surface area (Å²) in [5.74, 6) is -0.274. The summed E-state index contributed by atoms with van der Waals surface area (Å²) >= 11 is 0. The summed E-state index contributed by atoms with van der Waals surface area (Å²) in [6.45, 7) is 1.75. The van der Waals surface area contributed by atoms with E-state index in [1.165, 1.54) is 193 Å². The second kappa shape index (κ2) is 54.7. The van der Waals surface area contributed by atoms with Crippen LogP contribution >= 0.6 is 0 Å². The number of nitrogens with one attached hydrogen (secondary N) is 1. The molecule has 17 unspecified atom stereocenters. The van der Waals surface area contributed by atoms with Gasteiger partial charge in [0.15, 0.2) is 18.9 Å². The van der Waals surface area contributed by atoms with Gasteiger partial charge < -0.3 is 89.9 Å². The van der Waals surface area contributed by atoms with Crippen molar-refractivity contribution >= 4 is 5.91 Å². The summed E-state index contributed by atoms with van der Waals surface area (Å²) in [5.41, 5.74) is 0. The lowest BCUT2D eigenvalue weighted by Gasteiger charge is -2.48. The van der Waals surface area contributed by atoms with Gasteiger partial charge in [-0.05, 0) is 57.8 Å². The van der Waals surface area contributed by atoms with Gasteiger partial charge in [-0.15, -0.1) is 0 Å². The number of hydrogen-bond donors (Lipinski definition) is 12. The zero-order chi connectivity index (χ0) is 66.8. The van der Waals surface area contributed by atoms with Crippen LogP contribution in [-0.4, -0.2) is 193 Å². The van der Waals surface area contributed by atoms with E-state index in [4.69, 9.17) is 28.4 Å². The zero-order valence-corrected chi connectivity index (χ0v) is 57.0. The predicted octanol–water partition coefficient (Wildman–Crippen LogP) is 10.6. The third-order valence-corrected chi connectivity index (χ3v) is 18.4. The lowest BCUT2D eigenvalue weighted by molar-refractivity contribution is -0.379. The second-order valence-corrected chi connectivity index (χ2v) is 26.4. The van der Waals surface area contributed by atoms with E-state index in [9.17, 15) is 61.0 Å². The molecule has 1 amide bonds. The molecular weight excluding hydrogens is 1180 g/mol. The van der Waals surface area contributed by atoms with E-state index >= 15 is 0 Å². The highest BCUT2D eigenvalue weighted by Gasteiger charge is 2.53. The van der Waals surface area contributed by atoms with E-state index in [2.05, 4.69) is 55.6 Å². The smallest absolute Gasteiger partial charge is 0.220 e. The van der Waals surface area contributed by atoms with Gasteiger partial charge in [-0.3, -0.25) is 4.79 Å². The van der Waals surface area contributed by atoms with Crippen molar-refractivity contribution in [1.82, 2.24) is 5.32 Å². The Morgan fingerprint density at radius 3 is 1.12 bits per heavy atom. The lowest BCUT2D eigenvalue weighted by Crippen LogP contribution is -2.66. The van der Waals surface area contributed by atoms with Gasteiger partial charge in [0.25, 0.3) is 0 Å². The Balaban J connectivity index is 1.40. The van der Waals surface area contributed by atoms with Crippen molar-refractivity contribution in [3.8, 4) is 0 Å². The Kier molecular flexibility index (Phi) is 50.0. The van der Waals surface area contributed by atoms with Crippen LogP contribution in [0.2, 0.25) is 0 Å². The van der Waals surface area contributed by atoms with Crippen molar-refractivity contribution in [3.63, 3.8) is 0 Å². The van der Waals surface area contributed by atoms with E-state index in [0.29, 0.717) is 6.42 Å². The Bertz CT molecular complexity index is 1860. The van der Waals surface area contributed by atoms with Gasteiger partial charge in [0.2, 0.25) is 5.91 Å². The average molecular weight is 1310 g/mol. The normalized spacial score (nSPS) is 27.9. The van der Waals surface area contributed by atoms with Crippen LogP contribution < -0.4 is 5.32 Å². The van der Waals surface area contributed by atoms with Crippen LogP contribution in [0.1, 0.15) is 277 Å². The molecule has 92 heavy (non-hydrogen) atoms. The Labute approximate surface area is 554 Å². The third kappa shape index (κ3) is 35.8. The molecule has 0 saturated carbocycles. The number of unbranched alkanes of at least 4 members (excludes halogenated alkanes) is 35. The molecule has 17 atom stereocenters. The summed E-state index contributed by atoms with van der Waals surface area (Å²) < 4.78 is 34.4. The molecule has 12 N–H and O–H groups in total. The minimum atomic E-state index is -1.98. The van der Waals surface area contributed by atoms with Crippen LogP contribution in [0, 0.1) is 0 Å². The number of hydrogen-bond acceptors (Lipinski definition) is 18. The van der Waals surface area contributed by atoms with Crippen LogP contribution in [0.25, 0.3) is 0 Å². The van der Waals surface area contributed by atoms with Gasteiger partial charge in [-0.25, -0.2) is 0 Å². The van der Waals surface area contributed by atoms with Gasteiger partial charge in [0, 0.05) is 6.42 Å². The van der Waals surface area contributed by atoms with Crippen molar-refractivity contribution in [2.75, 3.05) is 26.4 Å². The molecule has 0 spiro atoms. The third-order valence-electron chi connectivity index (χ3n) is 18.4. The molecule has 3 aliphatic rings. The van der Waals surface area contributed by atoms with E-state index < -0.39 is 124 Å². The van der Waals surface area contributed by atoms with Crippen molar-refractivity contribution in [3.05, 3.63) is 48.6 Å². The molecule has 0 aromatic heterocycles. The molecule has 0 aromatic rings. The van der Waals surface area contributed by atoms with Gasteiger partial charge in [-0.2, -0.15) is 0 Å². The van der Waals surface area contributed by atoms with Crippen molar-refractivity contribution < 1.29 is 89.4 Å². The van der Waals surface area contributed by atoms with Crippen molar-refractivity contribution in [1.29, 1.82) is 0 Å². The first-order chi connectivity index (χ1) is 44.8. The number of amides is 1. The van der Waals surface area contributed by atoms with Crippen molar-refractivity contribution in [2.45, 2.75) is 381 Å². The number of aliphatic hydroxyl groups excluding tert-OH is 11. The molecule has 3 fully saturated rings. The molecule has 3 rings (SSSR count). The van der Waals surface area contributed by atoms with Crippen LogP contribution in [0.4, 0.5) is 0 Å². The maximum absolute atomic E-state index is 13.4. The number of allylic oxidation sites excluding steroid dienone is 7. The topological polar surface area (TPSA) is 307 Å². The van der Waals surface area contributed by atoms with Crippen LogP contribution in [0.5, 0.6) is 0 Å². The zero-order valence-electron chi connectivity index (χ0n) is 57.0. The molecular formula is C73H133NO18. The molecule has 19 heteroatoms. The number of carbonyl (C=O) groups is 1. The number of carbonyl (C=O) groups excluding carboxylic acids is 1. The summed E-state index contributed by atoms with van der Waals surface area (Å²) in [6, 6.07) is -0.975.